The van der Waals surface area contributed by atoms with E-state index in [2.05, 4.69) is 33.0 Å². The molecule has 19 heavy (non-hydrogen) atoms. The Morgan fingerprint density at radius 2 is 2.00 bits per heavy atom. The normalized spacial score (nSPS) is 13.6. The van der Waals surface area contributed by atoms with Gasteiger partial charge in [-0.3, -0.25) is 0 Å². The van der Waals surface area contributed by atoms with Gasteiger partial charge in [0.1, 0.15) is 5.82 Å². The molecule has 1 aromatic carbocycles. The second kappa shape index (κ2) is 7.25. The molecule has 0 amide bonds. The van der Waals surface area contributed by atoms with Crippen LogP contribution in [0.25, 0.3) is 0 Å². The van der Waals surface area contributed by atoms with Crippen molar-refractivity contribution in [2.24, 2.45) is 5.41 Å². The molecular weight excluding hydrogens is 261 g/mol. The van der Waals surface area contributed by atoms with E-state index >= 15 is 0 Å². The van der Waals surface area contributed by atoms with Crippen LogP contribution in [0.3, 0.4) is 0 Å². The third kappa shape index (κ3) is 6.40. The highest BCUT2D eigenvalue weighted by Gasteiger charge is 2.19. The Bertz CT molecular complexity index is 398. The Balaban J connectivity index is 2.75. The van der Waals surface area contributed by atoms with E-state index < -0.39 is 0 Å². The summed E-state index contributed by atoms with van der Waals surface area (Å²) in [6, 6.07) is 5.25. The highest BCUT2D eigenvalue weighted by atomic mass is 35.5. The SMILES string of the molecule is CCCNC(Cc1ccc(Cl)cc1F)CC(C)(C)C. The Morgan fingerprint density at radius 1 is 1.32 bits per heavy atom. The number of benzene rings is 1. The molecule has 3 heteroatoms. The molecule has 1 nitrogen and oxygen atoms in total. The van der Waals surface area contributed by atoms with Crippen LogP contribution in [0.1, 0.15) is 46.1 Å². The van der Waals surface area contributed by atoms with Crippen LogP contribution < -0.4 is 5.32 Å². The summed E-state index contributed by atoms with van der Waals surface area (Å²) < 4.78 is 13.9. The lowest BCUT2D eigenvalue weighted by molar-refractivity contribution is 0.305. The zero-order valence-electron chi connectivity index (χ0n) is 12.4. The van der Waals surface area contributed by atoms with Gasteiger partial charge in [0.2, 0.25) is 0 Å². The van der Waals surface area contributed by atoms with Crippen molar-refractivity contribution in [2.75, 3.05) is 6.54 Å². The molecule has 0 aliphatic heterocycles. The predicted molar refractivity (Wildman–Crippen MR) is 81.3 cm³/mol. The summed E-state index contributed by atoms with van der Waals surface area (Å²) in [5.74, 6) is -0.204. The first-order valence-electron chi connectivity index (χ1n) is 6.99. The average Bonchev–Trinajstić information content (AvgIpc) is 2.27. The zero-order valence-corrected chi connectivity index (χ0v) is 13.1. The summed E-state index contributed by atoms with van der Waals surface area (Å²) in [7, 11) is 0. The molecule has 1 rings (SSSR count). The van der Waals surface area contributed by atoms with Crippen molar-refractivity contribution in [3.8, 4) is 0 Å². The third-order valence-electron chi connectivity index (χ3n) is 3.02. The summed E-state index contributed by atoms with van der Waals surface area (Å²) in [4.78, 5) is 0. The Hall–Kier alpha value is -0.600. The number of halogens is 2. The lowest BCUT2D eigenvalue weighted by Gasteiger charge is -2.27. The van der Waals surface area contributed by atoms with E-state index in [0.29, 0.717) is 17.5 Å². The lowest BCUT2D eigenvalue weighted by atomic mass is 9.85. The maximum atomic E-state index is 13.9. The zero-order chi connectivity index (χ0) is 14.5. The summed E-state index contributed by atoms with van der Waals surface area (Å²) in [6.07, 6.45) is 2.82. The Kier molecular flexibility index (Phi) is 6.28. The monoisotopic (exact) mass is 285 g/mol. The minimum Gasteiger partial charge on any atom is -0.314 e. The number of nitrogens with one attached hydrogen (secondary N) is 1. The summed E-state index contributed by atoms with van der Waals surface area (Å²) in [6.45, 7) is 9.75. The largest absolute Gasteiger partial charge is 0.314 e. The van der Waals surface area contributed by atoms with Crippen LogP contribution in [0.2, 0.25) is 5.02 Å². The molecule has 0 radical (unpaired) electrons. The molecule has 0 fully saturated rings. The van der Waals surface area contributed by atoms with Gasteiger partial charge >= 0.3 is 0 Å². The molecule has 0 aliphatic rings. The van der Waals surface area contributed by atoms with Crippen LogP contribution in [0.15, 0.2) is 18.2 Å². The molecular formula is C16H25ClFN. The molecule has 1 unspecified atom stereocenters. The smallest absolute Gasteiger partial charge is 0.127 e. The van der Waals surface area contributed by atoms with Crippen molar-refractivity contribution in [1.29, 1.82) is 0 Å². The maximum Gasteiger partial charge on any atom is 0.127 e. The number of hydrogen-bond donors (Lipinski definition) is 1. The molecule has 108 valence electrons. The second-order valence-electron chi connectivity index (χ2n) is 6.36. The standard InChI is InChI=1S/C16H25ClFN/c1-5-8-19-14(11-16(2,3)4)9-12-6-7-13(17)10-15(12)18/h6-7,10,14,19H,5,8-9,11H2,1-4H3. The molecule has 1 atom stereocenters. The van der Waals surface area contributed by atoms with E-state index in [1.54, 1.807) is 12.1 Å². The Labute approximate surface area is 121 Å². The van der Waals surface area contributed by atoms with Crippen LogP contribution >= 0.6 is 11.6 Å². The Morgan fingerprint density at radius 3 is 2.53 bits per heavy atom. The molecule has 1 N–H and O–H groups in total. The van der Waals surface area contributed by atoms with Gasteiger partial charge in [-0.2, -0.15) is 0 Å². The topological polar surface area (TPSA) is 12.0 Å². The second-order valence-corrected chi connectivity index (χ2v) is 6.79. The number of rotatable bonds is 6. The molecule has 0 spiro atoms. The van der Waals surface area contributed by atoms with Gasteiger partial charge in [-0.1, -0.05) is 45.4 Å². The maximum absolute atomic E-state index is 13.9. The first-order chi connectivity index (χ1) is 8.81. The fraction of sp³-hybridized carbons (Fsp3) is 0.625. The van der Waals surface area contributed by atoms with Crippen LogP contribution in [0, 0.1) is 11.2 Å². The lowest BCUT2D eigenvalue weighted by Crippen LogP contribution is -2.35. The van der Waals surface area contributed by atoms with E-state index in [4.69, 9.17) is 11.6 Å². The van der Waals surface area contributed by atoms with Gasteiger partial charge in [-0.25, -0.2) is 4.39 Å². The van der Waals surface area contributed by atoms with E-state index in [1.807, 2.05) is 0 Å². The minimum absolute atomic E-state index is 0.204. The molecule has 0 saturated heterocycles. The fourth-order valence-corrected chi connectivity index (χ4v) is 2.42. The van der Waals surface area contributed by atoms with Crippen molar-refractivity contribution in [3.05, 3.63) is 34.6 Å². The van der Waals surface area contributed by atoms with Gasteiger partial charge < -0.3 is 5.32 Å². The van der Waals surface area contributed by atoms with E-state index in [1.165, 1.54) is 6.07 Å². The molecule has 0 bridgehead atoms. The first kappa shape index (κ1) is 16.5. The van der Waals surface area contributed by atoms with Crippen LogP contribution in [0.5, 0.6) is 0 Å². The van der Waals surface area contributed by atoms with Gasteiger partial charge in [0.25, 0.3) is 0 Å². The van der Waals surface area contributed by atoms with Crippen LogP contribution in [-0.4, -0.2) is 12.6 Å². The fourth-order valence-electron chi connectivity index (χ4n) is 2.26. The molecule has 0 aromatic heterocycles. The molecule has 0 heterocycles. The van der Waals surface area contributed by atoms with Gasteiger partial charge in [-0.05, 0) is 48.9 Å². The van der Waals surface area contributed by atoms with E-state index in [9.17, 15) is 4.39 Å². The van der Waals surface area contributed by atoms with Gasteiger partial charge in [0.05, 0.1) is 0 Å². The van der Waals surface area contributed by atoms with Crippen LogP contribution in [0.4, 0.5) is 4.39 Å². The van der Waals surface area contributed by atoms with E-state index in [0.717, 1.165) is 24.9 Å². The summed E-state index contributed by atoms with van der Waals surface area (Å²) in [5, 5.41) is 3.97. The van der Waals surface area contributed by atoms with Crippen molar-refractivity contribution >= 4 is 11.6 Å². The average molecular weight is 286 g/mol. The van der Waals surface area contributed by atoms with Crippen molar-refractivity contribution in [2.45, 2.75) is 53.0 Å². The minimum atomic E-state index is -0.204. The van der Waals surface area contributed by atoms with Gasteiger partial charge in [0, 0.05) is 11.1 Å². The quantitative estimate of drug-likeness (QED) is 0.790. The van der Waals surface area contributed by atoms with Gasteiger partial charge in [-0.15, -0.1) is 0 Å². The number of hydrogen-bond acceptors (Lipinski definition) is 1. The van der Waals surface area contributed by atoms with Gasteiger partial charge in [0.15, 0.2) is 0 Å². The van der Waals surface area contributed by atoms with Crippen molar-refractivity contribution in [3.63, 3.8) is 0 Å². The van der Waals surface area contributed by atoms with E-state index in [-0.39, 0.29) is 11.2 Å². The first-order valence-corrected chi connectivity index (χ1v) is 7.37. The van der Waals surface area contributed by atoms with Crippen molar-refractivity contribution in [1.82, 2.24) is 5.32 Å². The summed E-state index contributed by atoms with van der Waals surface area (Å²) >= 11 is 5.79. The molecule has 0 saturated carbocycles. The molecule has 1 aromatic rings. The molecule has 0 aliphatic carbocycles. The third-order valence-corrected chi connectivity index (χ3v) is 3.26. The highest BCUT2D eigenvalue weighted by molar-refractivity contribution is 6.30. The summed E-state index contributed by atoms with van der Waals surface area (Å²) in [5.41, 5.74) is 0.969. The predicted octanol–water partition coefficient (Wildman–Crippen LogP) is 4.83. The van der Waals surface area contributed by atoms with Crippen LogP contribution in [-0.2, 0) is 6.42 Å². The highest BCUT2D eigenvalue weighted by Crippen LogP contribution is 2.24. The van der Waals surface area contributed by atoms with Crippen molar-refractivity contribution < 1.29 is 4.39 Å².